The molecule has 0 atom stereocenters. The maximum atomic E-state index is 5.88. The molecule has 1 fully saturated rings. The van der Waals surface area contributed by atoms with Gasteiger partial charge in [0.1, 0.15) is 17.3 Å². The molecule has 100 valence electrons. The lowest BCUT2D eigenvalue weighted by Gasteiger charge is -2.05. The number of hydrogen-bond donors (Lipinski definition) is 1. The van der Waals surface area contributed by atoms with Crippen LogP contribution in [0.2, 0.25) is 0 Å². The van der Waals surface area contributed by atoms with E-state index in [-0.39, 0.29) is 0 Å². The van der Waals surface area contributed by atoms with Crippen molar-refractivity contribution in [3.8, 4) is 17.1 Å². The van der Waals surface area contributed by atoms with E-state index in [1.54, 1.807) is 7.11 Å². The topological polar surface area (TPSA) is 34.4 Å². The third-order valence-corrected chi connectivity index (χ3v) is 3.93. The van der Waals surface area contributed by atoms with Crippen LogP contribution in [0.5, 0.6) is 5.75 Å². The second-order valence-electron chi connectivity index (χ2n) is 4.77. The van der Waals surface area contributed by atoms with Crippen molar-refractivity contribution in [2.75, 3.05) is 7.11 Å². The van der Waals surface area contributed by atoms with E-state index >= 15 is 0 Å². The van der Waals surface area contributed by atoms with Crippen molar-refractivity contribution in [1.29, 1.82) is 0 Å². The van der Waals surface area contributed by atoms with Crippen LogP contribution in [0.25, 0.3) is 11.3 Å². The number of methoxy groups -OCH3 is 1. The highest BCUT2D eigenvalue weighted by Gasteiger charge is 2.20. The first-order valence-corrected chi connectivity index (χ1v) is 7.21. The van der Waals surface area contributed by atoms with E-state index in [2.05, 4.69) is 21.2 Å². The van der Waals surface area contributed by atoms with Gasteiger partial charge < -0.3 is 14.5 Å². The summed E-state index contributed by atoms with van der Waals surface area (Å²) in [6.07, 6.45) is 2.57. The fourth-order valence-corrected chi connectivity index (χ4v) is 2.41. The SMILES string of the molecule is COc1ccc(Br)c(-c2ccc(CNC3CC3)o2)c1. The minimum Gasteiger partial charge on any atom is -0.497 e. The van der Waals surface area contributed by atoms with E-state index in [1.807, 2.05) is 30.3 Å². The van der Waals surface area contributed by atoms with E-state index in [0.717, 1.165) is 33.9 Å². The van der Waals surface area contributed by atoms with E-state index in [0.29, 0.717) is 6.04 Å². The normalized spacial score (nSPS) is 14.6. The quantitative estimate of drug-likeness (QED) is 0.904. The molecule has 1 aromatic carbocycles. The minimum atomic E-state index is 0.692. The standard InChI is InChI=1S/C15H16BrNO2/c1-18-11-4-6-14(16)13(8-11)15-7-5-12(19-15)9-17-10-2-3-10/h4-8,10,17H,2-3,9H2,1H3. The van der Waals surface area contributed by atoms with Crippen molar-refractivity contribution in [3.05, 3.63) is 40.6 Å². The Morgan fingerprint density at radius 2 is 2.16 bits per heavy atom. The monoisotopic (exact) mass is 321 g/mol. The molecular formula is C15H16BrNO2. The molecule has 1 aromatic heterocycles. The molecule has 4 heteroatoms. The van der Waals surface area contributed by atoms with Crippen LogP contribution in [0.1, 0.15) is 18.6 Å². The van der Waals surface area contributed by atoms with Gasteiger partial charge in [0.2, 0.25) is 0 Å². The second-order valence-corrected chi connectivity index (χ2v) is 5.62. The molecule has 1 heterocycles. The number of hydrogen-bond acceptors (Lipinski definition) is 3. The molecule has 1 N–H and O–H groups in total. The number of benzene rings is 1. The van der Waals surface area contributed by atoms with Gasteiger partial charge in [-0.25, -0.2) is 0 Å². The summed E-state index contributed by atoms with van der Waals surface area (Å²) in [4.78, 5) is 0. The lowest BCUT2D eigenvalue weighted by atomic mass is 10.1. The molecule has 19 heavy (non-hydrogen) atoms. The van der Waals surface area contributed by atoms with E-state index < -0.39 is 0 Å². The van der Waals surface area contributed by atoms with Crippen LogP contribution in [-0.2, 0) is 6.54 Å². The van der Waals surface area contributed by atoms with Crippen molar-refractivity contribution in [1.82, 2.24) is 5.32 Å². The van der Waals surface area contributed by atoms with Crippen LogP contribution in [0.4, 0.5) is 0 Å². The molecular weight excluding hydrogens is 306 g/mol. The molecule has 0 bridgehead atoms. The Morgan fingerprint density at radius 3 is 2.89 bits per heavy atom. The van der Waals surface area contributed by atoms with Gasteiger partial charge in [-0.2, -0.15) is 0 Å². The van der Waals surface area contributed by atoms with Gasteiger partial charge in [-0.05, 0) is 43.2 Å². The lowest BCUT2D eigenvalue weighted by molar-refractivity contribution is 0.414. The summed E-state index contributed by atoms with van der Waals surface area (Å²) in [5.74, 6) is 2.65. The summed E-state index contributed by atoms with van der Waals surface area (Å²) in [5, 5.41) is 3.44. The molecule has 0 aliphatic heterocycles. The van der Waals surface area contributed by atoms with Crippen LogP contribution in [0.3, 0.4) is 0 Å². The van der Waals surface area contributed by atoms with Gasteiger partial charge in [-0.1, -0.05) is 15.9 Å². The Bertz CT molecular complexity index is 575. The number of nitrogens with one attached hydrogen (secondary N) is 1. The first-order valence-electron chi connectivity index (χ1n) is 6.42. The Balaban J connectivity index is 1.80. The van der Waals surface area contributed by atoms with Gasteiger partial charge in [0.05, 0.1) is 13.7 Å². The molecule has 1 aliphatic rings. The lowest BCUT2D eigenvalue weighted by Crippen LogP contribution is -2.14. The summed E-state index contributed by atoms with van der Waals surface area (Å²) in [5.41, 5.74) is 1.01. The largest absolute Gasteiger partial charge is 0.497 e. The molecule has 0 saturated heterocycles. The number of halogens is 1. The first kappa shape index (κ1) is 12.8. The summed E-state index contributed by atoms with van der Waals surface area (Å²) in [6, 6.07) is 10.6. The van der Waals surface area contributed by atoms with Crippen molar-refractivity contribution in [2.45, 2.75) is 25.4 Å². The van der Waals surface area contributed by atoms with Crippen molar-refractivity contribution in [2.24, 2.45) is 0 Å². The maximum absolute atomic E-state index is 5.88. The second kappa shape index (κ2) is 5.39. The van der Waals surface area contributed by atoms with Crippen LogP contribution in [0, 0.1) is 0 Å². The molecule has 3 nitrogen and oxygen atoms in total. The zero-order valence-corrected chi connectivity index (χ0v) is 12.4. The summed E-state index contributed by atoms with van der Waals surface area (Å²) >= 11 is 3.55. The zero-order valence-electron chi connectivity index (χ0n) is 10.8. The predicted molar refractivity (Wildman–Crippen MR) is 78.3 cm³/mol. The average molecular weight is 322 g/mol. The van der Waals surface area contributed by atoms with Crippen LogP contribution < -0.4 is 10.1 Å². The Hall–Kier alpha value is -1.26. The van der Waals surface area contributed by atoms with Gasteiger partial charge in [0.15, 0.2) is 0 Å². The molecule has 0 amide bonds. The number of furan rings is 1. The van der Waals surface area contributed by atoms with Gasteiger partial charge in [0, 0.05) is 16.1 Å². The van der Waals surface area contributed by atoms with E-state index in [9.17, 15) is 0 Å². The summed E-state index contributed by atoms with van der Waals surface area (Å²) in [7, 11) is 1.67. The number of ether oxygens (including phenoxy) is 1. The van der Waals surface area contributed by atoms with Gasteiger partial charge in [0.25, 0.3) is 0 Å². The molecule has 1 aliphatic carbocycles. The highest BCUT2D eigenvalue weighted by molar-refractivity contribution is 9.10. The van der Waals surface area contributed by atoms with E-state index in [4.69, 9.17) is 9.15 Å². The Labute approximate surface area is 121 Å². The van der Waals surface area contributed by atoms with E-state index in [1.165, 1.54) is 12.8 Å². The zero-order chi connectivity index (χ0) is 13.2. The number of rotatable bonds is 5. The van der Waals surface area contributed by atoms with Gasteiger partial charge in [-0.3, -0.25) is 0 Å². The molecule has 0 unspecified atom stereocenters. The molecule has 0 radical (unpaired) electrons. The third kappa shape index (κ3) is 3.01. The Kier molecular flexibility index (Phi) is 3.62. The first-order chi connectivity index (χ1) is 9.26. The van der Waals surface area contributed by atoms with Crippen molar-refractivity contribution < 1.29 is 9.15 Å². The summed E-state index contributed by atoms with van der Waals surface area (Å²) < 4.78 is 12.1. The van der Waals surface area contributed by atoms with Crippen molar-refractivity contribution in [3.63, 3.8) is 0 Å². The highest BCUT2D eigenvalue weighted by Crippen LogP contribution is 2.33. The van der Waals surface area contributed by atoms with Crippen LogP contribution in [0.15, 0.2) is 39.2 Å². The predicted octanol–water partition coefficient (Wildman–Crippen LogP) is 3.97. The molecule has 1 saturated carbocycles. The van der Waals surface area contributed by atoms with Gasteiger partial charge >= 0.3 is 0 Å². The molecule has 2 aromatic rings. The average Bonchev–Trinajstić information content (AvgIpc) is 3.15. The highest BCUT2D eigenvalue weighted by atomic mass is 79.9. The minimum absolute atomic E-state index is 0.692. The maximum Gasteiger partial charge on any atom is 0.135 e. The fraction of sp³-hybridized carbons (Fsp3) is 0.333. The third-order valence-electron chi connectivity index (χ3n) is 3.24. The smallest absolute Gasteiger partial charge is 0.135 e. The van der Waals surface area contributed by atoms with Crippen LogP contribution >= 0.6 is 15.9 Å². The summed E-state index contributed by atoms with van der Waals surface area (Å²) in [6.45, 7) is 0.798. The van der Waals surface area contributed by atoms with Gasteiger partial charge in [-0.15, -0.1) is 0 Å². The molecule has 0 spiro atoms. The van der Waals surface area contributed by atoms with Crippen molar-refractivity contribution >= 4 is 15.9 Å². The fourth-order valence-electron chi connectivity index (χ4n) is 1.97. The molecule has 3 rings (SSSR count). The van der Waals surface area contributed by atoms with Crippen LogP contribution in [-0.4, -0.2) is 13.2 Å². The Morgan fingerprint density at radius 1 is 1.32 bits per heavy atom.